The lowest BCUT2D eigenvalue weighted by atomic mass is 10.1. The number of carbonyl (C=O) groups excluding carboxylic acids is 1. The molecule has 0 fully saturated rings. The summed E-state index contributed by atoms with van der Waals surface area (Å²) in [6.45, 7) is 9.76. The molecule has 2 rings (SSSR count). The lowest BCUT2D eigenvalue weighted by Crippen LogP contribution is -2.40. The fourth-order valence-electron chi connectivity index (χ4n) is 2.56. The van der Waals surface area contributed by atoms with E-state index in [1.165, 1.54) is 0 Å². The number of aromatic nitrogens is 2. The summed E-state index contributed by atoms with van der Waals surface area (Å²) in [7, 11) is 0. The molecule has 0 aliphatic heterocycles. The summed E-state index contributed by atoms with van der Waals surface area (Å²) in [5, 5.41) is 9.32. The third-order valence-electron chi connectivity index (χ3n) is 4.36. The highest BCUT2D eigenvalue weighted by Gasteiger charge is 2.18. The highest BCUT2D eigenvalue weighted by Crippen LogP contribution is 2.21. The zero-order valence-corrected chi connectivity index (χ0v) is 17.4. The van der Waals surface area contributed by atoms with Crippen LogP contribution in [0.2, 0.25) is 0 Å². The van der Waals surface area contributed by atoms with Crippen molar-refractivity contribution in [1.82, 2.24) is 20.6 Å². The van der Waals surface area contributed by atoms with Crippen LogP contribution in [-0.2, 0) is 0 Å². The van der Waals surface area contributed by atoms with Gasteiger partial charge in [-0.2, -0.15) is 0 Å². The van der Waals surface area contributed by atoms with Crippen LogP contribution in [0.4, 0.5) is 5.82 Å². The Balaban J connectivity index is 2.30. The molecule has 0 aliphatic carbocycles. The Morgan fingerprint density at radius 1 is 1.00 bits per heavy atom. The molecule has 146 valence electrons. The van der Waals surface area contributed by atoms with Gasteiger partial charge in [0.15, 0.2) is 16.6 Å². The minimum atomic E-state index is -0.351. The molecule has 0 bridgehead atoms. The van der Waals surface area contributed by atoms with E-state index in [1.54, 1.807) is 0 Å². The van der Waals surface area contributed by atoms with Crippen molar-refractivity contribution in [3.05, 3.63) is 29.0 Å². The van der Waals surface area contributed by atoms with E-state index in [9.17, 15) is 4.79 Å². The van der Waals surface area contributed by atoms with Crippen LogP contribution in [0.3, 0.4) is 0 Å². The number of unbranched alkanes of at least 4 members (excludes halogenated alkanes) is 2. The number of benzene rings is 1. The summed E-state index contributed by atoms with van der Waals surface area (Å²) >= 11 is 5.22. The minimum absolute atomic E-state index is 0.265. The number of hydrogen-bond donors (Lipinski definition) is 3. The molecule has 1 aromatic heterocycles. The Kier molecular flexibility index (Phi) is 7.91. The molecule has 2 aromatic rings. The predicted octanol–water partition coefficient (Wildman–Crippen LogP) is 3.86. The number of carbonyl (C=O) groups is 1. The molecule has 0 atom stereocenters. The number of thiocarbonyl (C=S) groups is 1. The second-order valence-electron chi connectivity index (χ2n) is 6.69. The molecule has 7 heteroatoms. The predicted molar refractivity (Wildman–Crippen MR) is 115 cm³/mol. The van der Waals surface area contributed by atoms with Gasteiger partial charge in [-0.25, -0.2) is 9.97 Å². The zero-order valence-electron chi connectivity index (χ0n) is 16.6. The highest BCUT2D eigenvalue weighted by molar-refractivity contribution is 7.80. The van der Waals surface area contributed by atoms with Crippen LogP contribution in [0.5, 0.6) is 0 Å². The Labute approximate surface area is 166 Å². The summed E-state index contributed by atoms with van der Waals surface area (Å²) < 4.78 is 0. The van der Waals surface area contributed by atoms with Gasteiger partial charge in [0.1, 0.15) is 0 Å². The maximum absolute atomic E-state index is 12.8. The van der Waals surface area contributed by atoms with Crippen LogP contribution in [0.15, 0.2) is 12.1 Å². The standard InChI is InChI=1S/C20H29N5OS/c1-5-7-9-21-18-17(19(26)25-20(27)22-10-8-6-2)23-15-11-13(3)14(4)12-16(15)24-18/h11-12H,5-10H2,1-4H3,(H,21,24)(H2,22,25,26,27). The molecule has 1 heterocycles. The maximum Gasteiger partial charge on any atom is 0.279 e. The Morgan fingerprint density at radius 2 is 1.59 bits per heavy atom. The van der Waals surface area contributed by atoms with E-state index < -0.39 is 0 Å². The van der Waals surface area contributed by atoms with E-state index in [0.717, 1.165) is 55.4 Å². The van der Waals surface area contributed by atoms with Gasteiger partial charge in [-0.15, -0.1) is 0 Å². The summed E-state index contributed by atoms with van der Waals surface area (Å²) in [6.07, 6.45) is 4.10. The van der Waals surface area contributed by atoms with Crippen molar-refractivity contribution < 1.29 is 4.79 Å². The normalized spacial score (nSPS) is 10.7. The lowest BCUT2D eigenvalue weighted by Gasteiger charge is -2.13. The van der Waals surface area contributed by atoms with Crippen LogP contribution < -0.4 is 16.0 Å². The summed E-state index contributed by atoms with van der Waals surface area (Å²) in [4.78, 5) is 22.0. The summed E-state index contributed by atoms with van der Waals surface area (Å²) in [6, 6.07) is 3.96. The molecule has 0 saturated heterocycles. The second-order valence-corrected chi connectivity index (χ2v) is 7.10. The fourth-order valence-corrected chi connectivity index (χ4v) is 2.76. The quantitative estimate of drug-likeness (QED) is 0.471. The molecule has 0 spiro atoms. The molecule has 0 unspecified atom stereocenters. The number of nitrogens with zero attached hydrogens (tertiary/aromatic N) is 2. The first kappa shape index (κ1) is 21.0. The van der Waals surface area contributed by atoms with E-state index in [-0.39, 0.29) is 11.6 Å². The van der Waals surface area contributed by atoms with Crippen LogP contribution in [-0.4, -0.2) is 34.1 Å². The monoisotopic (exact) mass is 387 g/mol. The number of aryl methyl sites for hydroxylation is 2. The van der Waals surface area contributed by atoms with Crippen molar-refractivity contribution in [2.24, 2.45) is 0 Å². The van der Waals surface area contributed by atoms with Crippen molar-refractivity contribution in [2.75, 3.05) is 18.4 Å². The second kappa shape index (κ2) is 10.2. The van der Waals surface area contributed by atoms with Crippen LogP contribution >= 0.6 is 12.2 Å². The Hall–Kier alpha value is -2.28. The largest absolute Gasteiger partial charge is 0.368 e. The van der Waals surface area contributed by atoms with Gasteiger partial charge in [0.25, 0.3) is 5.91 Å². The number of nitrogens with one attached hydrogen (secondary N) is 3. The number of hydrogen-bond acceptors (Lipinski definition) is 5. The number of fused-ring (bicyclic) bond motifs is 1. The summed E-state index contributed by atoms with van der Waals surface area (Å²) in [5.41, 5.74) is 4.01. The first-order chi connectivity index (χ1) is 13.0. The zero-order chi connectivity index (χ0) is 19.8. The van der Waals surface area contributed by atoms with Crippen molar-refractivity contribution >= 4 is 40.1 Å². The van der Waals surface area contributed by atoms with Gasteiger partial charge in [0, 0.05) is 13.1 Å². The van der Waals surface area contributed by atoms with Gasteiger partial charge < -0.3 is 10.6 Å². The fraction of sp³-hybridized carbons (Fsp3) is 0.500. The van der Waals surface area contributed by atoms with E-state index in [1.807, 2.05) is 26.0 Å². The molecule has 3 N–H and O–H groups in total. The van der Waals surface area contributed by atoms with E-state index in [4.69, 9.17) is 12.2 Å². The van der Waals surface area contributed by atoms with Gasteiger partial charge in [-0.1, -0.05) is 26.7 Å². The third kappa shape index (κ3) is 5.85. The topological polar surface area (TPSA) is 78.9 Å². The van der Waals surface area contributed by atoms with Gasteiger partial charge >= 0.3 is 0 Å². The third-order valence-corrected chi connectivity index (χ3v) is 4.61. The average Bonchev–Trinajstić information content (AvgIpc) is 2.63. The molecule has 27 heavy (non-hydrogen) atoms. The van der Waals surface area contributed by atoms with Gasteiger partial charge in [-0.05, 0) is 62.2 Å². The van der Waals surface area contributed by atoms with Crippen LogP contribution in [0, 0.1) is 13.8 Å². The lowest BCUT2D eigenvalue weighted by molar-refractivity contribution is 0.0972. The average molecular weight is 388 g/mol. The smallest absolute Gasteiger partial charge is 0.279 e. The van der Waals surface area contributed by atoms with Gasteiger partial charge in [-0.3, -0.25) is 10.1 Å². The first-order valence-electron chi connectivity index (χ1n) is 9.58. The molecule has 6 nitrogen and oxygen atoms in total. The Bertz CT molecular complexity index is 822. The van der Waals surface area contributed by atoms with Crippen molar-refractivity contribution in [3.63, 3.8) is 0 Å². The Morgan fingerprint density at radius 3 is 2.22 bits per heavy atom. The van der Waals surface area contributed by atoms with Crippen molar-refractivity contribution in [2.45, 2.75) is 53.4 Å². The number of amides is 1. The van der Waals surface area contributed by atoms with E-state index >= 15 is 0 Å². The van der Waals surface area contributed by atoms with Gasteiger partial charge in [0.2, 0.25) is 0 Å². The molecule has 1 amide bonds. The minimum Gasteiger partial charge on any atom is -0.368 e. The molecular weight excluding hydrogens is 358 g/mol. The maximum atomic E-state index is 12.8. The van der Waals surface area contributed by atoms with E-state index in [0.29, 0.717) is 16.4 Å². The van der Waals surface area contributed by atoms with Crippen molar-refractivity contribution in [1.29, 1.82) is 0 Å². The van der Waals surface area contributed by atoms with Crippen molar-refractivity contribution in [3.8, 4) is 0 Å². The summed E-state index contributed by atoms with van der Waals surface area (Å²) in [5.74, 6) is 0.142. The molecule has 0 radical (unpaired) electrons. The molecule has 0 saturated carbocycles. The van der Waals surface area contributed by atoms with Crippen LogP contribution in [0.25, 0.3) is 11.0 Å². The molecule has 1 aromatic carbocycles. The van der Waals surface area contributed by atoms with E-state index in [2.05, 4.69) is 39.8 Å². The number of anilines is 1. The van der Waals surface area contributed by atoms with Crippen LogP contribution in [0.1, 0.15) is 61.1 Å². The van der Waals surface area contributed by atoms with Gasteiger partial charge in [0.05, 0.1) is 11.0 Å². The molecule has 0 aliphatic rings. The SMILES string of the molecule is CCCCNC(=S)NC(=O)c1nc2cc(C)c(C)cc2nc1NCCCC. The number of rotatable bonds is 8. The highest BCUT2D eigenvalue weighted by atomic mass is 32.1. The molecular formula is C20H29N5OS. The first-order valence-corrected chi connectivity index (χ1v) is 9.99.